The highest BCUT2D eigenvalue weighted by Gasteiger charge is 2.20. The van der Waals surface area contributed by atoms with Crippen LogP contribution < -0.4 is 10.5 Å². The van der Waals surface area contributed by atoms with E-state index in [0.717, 1.165) is 37.0 Å². The third-order valence-electron chi connectivity index (χ3n) is 2.63. The molecule has 2 rings (SSSR count). The highest BCUT2D eigenvalue weighted by Crippen LogP contribution is 2.28. The van der Waals surface area contributed by atoms with Crippen molar-refractivity contribution in [1.82, 2.24) is 0 Å². The van der Waals surface area contributed by atoms with Gasteiger partial charge in [0.15, 0.2) is 0 Å². The maximum absolute atomic E-state index is 5.58. The monoisotopic (exact) mass is 221 g/mol. The van der Waals surface area contributed by atoms with Gasteiger partial charge in [-0.3, -0.25) is 0 Å². The fraction of sp³-hybridized carbons (Fsp3) is 0.538. The van der Waals surface area contributed by atoms with Crippen LogP contribution in [0.3, 0.4) is 0 Å². The smallest absolute Gasteiger partial charge is 0.119 e. The van der Waals surface area contributed by atoms with Crippen LogP contribution in [0.1, 0.15) is 19.3 Å². The van der Waals surface area contributed by atoms with E-state index >= 15 is 0 Å². The van der Waals surface area contributed by atoms with Gasteiger partial charge in [-0.15, -0.1) is 0 Å². The molecule has 1 aromatic rings. The molecule has 1 fully saturated rings. The Morgan fingerprint density at radius 3 is 2.56 bits per heavy atom. The molecule has 0 radical (unpaired) electrons. The summed E-state index contributed by atoms with van der Waals surface area (Å²) in [6.07, 6.45) is 3.64. The molecule has 0 spiro atoms. The van der Waals surface area contributed by atoms with Gasteiger partial charge in [0.1, 0.15) is 5.75 Å². The number of benzene rings is 1. The molecule has 3 nitrogen and oxygen atoms in total. The lowest BCUT2D eigenvalue weighted by Crippen LogP contribution is -2.04. The second kappa shape index (κ2) is 5.75. The zero-order valence-corrected chi connectivity index (χ0v) is 9.52. The molecule has 1 aliphatic carbocycles. The Bertz CT molecular complexity index is 306. The second-order valence-corrected chi connectivity index (χ2v) is 4.29. The number of hydrogen-bond acceptors (Lipinski definition) is 3. The van der Waals surface area contributed by atoms with E-state index in [9.17, 15) is 0 Å². The molecule has 1 saturated carbocycles. The van der Waals surface area contributed by atoms with Gasteiger partial charge in [0.05, 0.1) is 6.61 Å². The Kier molecular flexibility index (Phi) is 4.05. The third-order valence-corrected chi connectivity index (χ3v) is 2.63. The van der Waals surface area contributed by atoms with E-state index in [1.807, 2.05) is 24.3 Å². The van der Waals surface area contributed by atoms with Crippen LogP contribution in [0.5, 0.6) is 5.75 Å². The van der Waals surface area contributed by atoms with Crippen molar-refractivity contribution >= 4 is 5.69 Å². The lowest BCUT2D eigenvalue weighted by molar-refractivity contribution is 0.111. The molecule has 16 heavy (non-hydrogen) atoms. The molecule has 0 heterocycles. The zero-order chi connectivity index (χ0) is 11.2. The maximum Gasteiger partial charge on any atom is 0.119 e. The first-order valence-corrected chi connectivity index (χ1v) is 5.90. The van der Waals surface area contributed by atoms with E-state index in [1.54, 1.807) is 0 Å². The minimum absolute atomic E-state index is 0.703. The van der Waals surface area contributed by atoms with Crippen LogP contribution in [0.2, 0.25) is 0 Å². The summed E-state index contributed by atoms with van der Waals surface area (Å²) in [6.45, 7) is 2.43. The molecule has 0 aliphatic heterocycles. The number of anilines is 1. The summed E-state index contributed by atoms with van der Waals surface area (Å²) >= 11 is 0. The highest BCUT2D eigenvalue weighted by molar-refractivity contribution is 5.41. The first-order chi connectivity index (χ1) is 7.84. The van der Waals surface area contributed by atoms with Gasteiger partial charge in [-0.2, -0.15) is 0 Å². The lowest BCUT2D eigenvalue weighted by atomic mass is 10.3. The minimum Gasteiger partial charge on any atom is -0.494 e. The highest BCUT2D eigenvalue weighted by atomic mass is 16.5. The van der Waals surface area contributed by atoms with Gasteiger partial charge in [0.2, 0.25) is 0 Å². The van der Waals surface area contributed by atoms with Crippen molar-refractivity contribution in [3.05, 3.63) is 24.3 Å². The van der Waals surface area contributed by atoms with Gasteiger partial charge in [0, 0.05) is 25.3 Å². The average Bonchev–Trinajstić information content (AvgIpc) is 3.10. The van der Waals surface area contributed by atoms with E-state index < -0.39 is 0 Å². The SMILES string of the molecule is Nc1ccc(OCCCOCC2CC2)cc1. The Hall–Kier alpha value is -1.22. The predicted molar refractivity (Wildman–Crippen MR) is 64.5 cm³/mol. The standard InChI is InChI=1S/C13H19NO2/c14-12-4-6-13(7-5-12)16-9-1-8-15-10-11-2-3-11/h4-7,11H,1-3,8-10,14H2. The zero-order valence-electron chi connectivity index (χ0n) is 9.52. The van der Waals surface area contributed by atoms with Crippen molar-refractivity contribution in [2.24, 2.45) is 5.92 Å². The van der Waals surface area contributed by atoms with E-state index in [1.165, 1.54) is 12.8 Å². The molecule has 0 aromatic heterocycles. The molecular formula is C13H19NO2. The molecule has 1 aliphatic rings. The van der Waals surface area contributed by atoms with Crippen molar-refractivity contribution in [2.45, 2.75) is 19.3 Å². The van der Waals surface area contributed by atoms with E-state index in [4.69, 9.17) is 15.2 Å². The Labute approximate surface area is 96.5 Å². The summed E-state index contributed by atoms with van der Waals surface area (Å²) < 4.78 is 11.1. The van der Waals surface area contributed by atoms with Crippen molar-refractivity contribution in [2.75, 3.05) is 25.6 Å². The Morgan fingerprint density at radius 1 is 1.12 bits per heavy atom. The molecule has 0 atom stereocenters. The normalized spacial score (nSPS) is 15.0. The molecule has 2 N–H and O–H groups in total. The Morgan fingerprint density at radius 2 is 1.88 bits per heavy atom. The summed E-state index contributed by atoms with van der Waals surface area (Å²) in [5.74, 6) is 1.72. The summed E-state index contributed by atoms with van der Waals surface area (Å²) in [4.78, 5) is 0. The van der Waals surface area contributed by atoms with E-state index in [2.05, 4.69) is 0 Å². The molecule has 0 bridgehead atoms. The van der Waals surface area contributed by atoms with Gasteiger partial charge in [-0.25, -0.2) is 0 Å². The van der Waals surface area contributed by atoms with Gasteiger partial charge < -0.3 is 15.2 Å². The van der Waals surface area contributed by atoms with Crippen molar-refractivity contribution in [3.8, 4) is 5.75 Å². The number of rotatable bonds is 7. The van der Waals surface area contributed by atoms with Gasteiger partial charge in [0.25, 0.3) is 0 Å². The van der Waals surface area contributed by atoms with Crippen molar-refractivity contribution < 1.29 is 9.47 Å². The van der Waals surface area contributed by atoms with Crippen LogP contribution in [-0.4, -0.2) is 19.8 Å². The summed E-state index contributed by atoms with van der Waals surface area (Å²) in [6, 6.07) is 7.47. The molecule has 88 valence electrons. The van der Waals surface area contributed by atoms with Crippen LogP contribution in [0, 0.1) is 5.92 Å². The second-order valence-electron chi connectivity index (χ2n) is 4.29. The first kappa shape index (κ1) is 11.3. The molecular weight excluding hydrogens is 202 g/mol. The third kappa shape index (κ3) is 4.11. The topological polar surface area (TPSA) is 44.5 Å². The summed E-state index contributed by atoms with van der Waals surface area (Å²) in [5.41, 5.74) is 6.34. The predicted octanol–water partition coefficient (Wildman–Crippen LogP) is 2.46. The fourth-order valence-corrected chi connectivity index (χ4v) is 1.45. The molecule has 3 heteroatoms. The Balaban J connectivity index is 1.51. The molecule has 1 aromatic carbocycles. The fourth-order valence-electron chi connectivity index (χ4n) is 1.45. The summed E-state index contributed by atoms with van der Waals surface area (Å²) in [5, 5.41) is 0. The van der Waals surface area contributed by atoms with Gasteiger partial charge >= 0.3 is 0 Å². The lowest BCUT2D eigenvalue weighted by Gasteiger charge is -2.06. The van der Waals surface area contributed by atoms with Crippen LogP contribution >= 0.6 is 0 Å². The maximum atomic E-state index is 5.58. The molecule has 0 amide bonds. The quantitative estimate of drug-likeness (QED) is 0.568. The van der Waals surface area contributed by atoms with Crippen LogP contribution in [0.4, 0.5) is 5.69 Å². The average molecular weight is 221 g/mol. The minimum atomic E-state index is 0.703. The van der Waals surface area contributed by atoms with Gasteiger partial charge in [-0.1, -0.05) is 0 Å². The largest absolute Gasteiger partial charge is 0.494 e. The van der Waals surface area contributed by atoms with Gasteiger partial charge in [-0.05, 0) is 43.0 Å². The van der Waals surface area contributed by atoms with Crippen LogP contribution in [0.25, 0.3) is 0 Å². The summed E-state index contributed by atoms with van der Waals surface area (Å²) in [7, 11) is 0. The van der Waals surface area contributed by atoms with Crippen LogP contribution in [0.15, 0.2) is 24.3 Å². The van der Waals surface area contributed by atoms with Crippen molar-refractivity contribution in [1.29, 1.82) is 0 Å². The molecule has 0 unspecified atom stereocenters. The number of nitrogen functional groups attached to an aromatic ring is 1. The van der Waals surface area contributed by atoms with Crippen LogP contribution in [-0.2, 0) is 4.74 Å². The first-order valence-electron chi connectivity index (χ1n) is 5.90. The van der Waals surface area contributed by atoms with Crippen molar-refractivity contribution in [3.63, 3.8) is 0 Å². The van der Waals surface area contributed by atoms with E-state index in [0.29, 0.717) is 6.61 Å². The number of ether oxygens (including phenoxy) is 2. The number of hydrogen-bond donors (Lipinski definition) is 1. The van der Waals surface area contributed by atoms with E-state index in [-0.39, 0.29) is 0 Å². The number of nitrogens with two attached hydrogens (primary N) is 1. The molecule has 0 saturated heterocycles.